The Kier molecular flexibility index (Phi) is 6.44. The van der Waals surface area contributed by atoms with Gasteiger partial charge in [-0.1, -0.05) is 44.5 Å². The average molecular weight is 301 g/mol. The van der Waals surface area contributed by atoms with Crippen molar-refractivity contribution in [2.75, 3.05) is 13.1 Å². The van der Waals surface area contributed by atoms with Crippen LogP contribution in [0, 0.1) is 5.82 Å². The monoisotopic (exact) mass is 300 g/mol. The van der Waals surface area contributed by atoms with Gasteiger partial charge in [0, 0.05) is 11.6 Å². The number of hydrogen-bond donors (Lipinski definition) is 1. The Labute approximate surface area is 127 Å². The lowest BCUT2D eigenvalue weighted by Gasteiger charge is -2.44. The Bertz CT molecular complexity index is 434. The van der Waals surface area contributed by atoms with E-state index < -0.39 is 0 Å². The molecule has 0 fully saturated rings. The summed E-state index contributed by atoms with van der Waals surface area (Å²) in [5.41, 5.74) is 7.11. The molecule has 114 valence electrons. The Balaban J connectivity index is 2.97. The van der Waals surface area contributed by atoms with E-state index in [9.17, 15) is 4.39 Å². The van der Waals surface area contributed by atoms with Gasteiger partial charge in [-0.05, 0) is 44.5 Å². The van der Waals surface area contributed by atoms with E-state index in [-0.39, 0.29) is 22.4 Å². The predicted octanol–water partition coefficient (Wildman–Crippen LogP) is 3.86. The third-order valence-electron chi connectivity index (χ3n) is 4.47. The Morgan fingerprint density at radius 1 is 1.30 bits per heavy atom. The quantitative estimate of drug-likeness (QED) is 0.828. The summed E-state index contributed by atoms with van der Waals surface area (Å²) in [4.78, 5) is 2.37. The van der Waals surface area contributed by atoms with Gasteiger partial charge < -0.3 is 5.73 Å². The average Bonchev–Trinajstić information content (AvgIpc) is 2.44. The van der Waals surface area contributed by atoms with E-state index in [1.54, 1.807) is 6.07 Å². The lowest BCUT2D eigenvalue weighted by Crippen LogP contribution is -2.58. The lowest BCUT2D eigenvalue weighted by atomic mass is 9.84. The van der Waals surface area contributed by atoms with Crippen LogP contribution in [0.1, 0.15) is 39.7 Å². The number of nitrogens with zero attached hydrogens (tertiary/aromatic N) is 1. The van der Waals surface area contributed by atoms with Crippen molar-refractivity contribution in [3.63, 3.8) is 0 Å². The number of nitrogens with two attached hydrogens (primary N) is 1. The van der Waals surface area contributed by atoms with Crippen molar-refractivity contribution in [2.45, 2.75) is 52.1 Å². The van der Waals surface area contributed by atoms with E-state index in [1.807, 2.05) is 6.07 Å². The zero-order chi connectivity index (χ0) is 15.3. The molecule has 0 saturated heterocycles. The largest absolute Gasteiger partial charge is 0.326 e. The fraction of sp³-hybridized carbons (Fsp3) is 0.625. The third-order valence-corrected chi connectivity index (χ3v) is 4.90. The van der Waals surface area contributed by atoms with Crippen molar-refractivity contribution in [2.24, 2.45) is 5.73 Å². The van der Waals surface area contributed by atoms with E-state index in [0.29, 0.717) is 6.42 Å². The molecule has 20 heavy (non-hydrogen) atoms. The smallest absolute Gasteiger partial charge is 0.142 e. The van der Waals surface area contributed by atoms with Crippen molar-refractivity contribution in [3.8, 4) is 0 Å². The number of benzene rings is 1. The van der Waals surface area contributed by atoms with Gasteiger partial charge in [-0.2, -0.15) is 0 Å². The van der Waals surface area contributed by atoms with Crippen molar-refractivity contribution >= 4 is 11.6 Å². The molecule has 4 heteroatoms. The molecule has 0 heterocycles. The number of likely N-dealkylation sites (N-methyl/N-ethyl adjacent to an activating group) is 1. The molecule has 0 radical (unpaired) electrons. The molecule has 0 aliphatic carbocycles. The first-order chi connectivity index (χ1) is 9.40. The summed E-state index contributed by atoms with van der Waals surface area (Å²) >= 11 is 6.03. The van der Waals surface area contributed by atoms with Crippen molar-refractivity contribution in [1.82, 2.24) is 4.90 Å². The molecule has 0 spiro atoms. The Hall–Kier alpha value is -0.640. The van der Waals surface area contributed by atoms with Crippen LogP contribution in [0.15, 0.2) is 18.2 Å². The van der Waals surface area contributed by atoms with Gasteiger partial charge in [0.15, 0.2) is 0 Å². The molecule has 1 rings (SSSR count). The molecule has 1 aromatic carbocycles. The minimum atomic E-state index is -0.377. The SMILES string of the molecule is CCN(CC)C(C)(CC)C(N)Cc1cccc(F)c1Cl. The van der Waals surface area contributed by atoms with Crippen LogP contribution in [0.5, 0.6) is 0 Å². The normalized spacial score (nSPS) is 16.2. The standard InChI is InChI=1S/C16H26ClFN2/c1-5-16(4,20(6-2)7-3)14(19)11-12-9-8-10-13(18)15(12)17/h8-10,14H,5-7,11,19H2,1-4H3. The van der Waals surface area contributed by atoms with Gasteiger partial charge in [-0.15, -0.1) is 0 Å². The highest BCUT2D eigenvalue weighted by atomic mass is 35.5. The van der Waals surface area contributed by atoms with E-state index in [1.165, 1.54) is 6.07 Å². The maximum atomic E-state index is 13.5. The highest BCUT2D eigenvalue weighted by Crippen LogP contribution is 2.27. The van der Waals surface area contributed by atoms with E-state index in [2.05, 4.69) is 32.6 Å². The van der Waals surface area contributed by atoms with Crippen LogP contribution in [-0.4, -0.2) is 29.6 Å². The second-order valence-electron chi connectivity index (χ2n) is 5.41. The number of halogens is 2. The molecular formula is C16H26ClFN2. The minimum absolute atomic E-state index is 0.0910. The van der Waals surface area contributed by atoms with Gasteiger partial charge in [0.05, 0.1) is 5.02 Å². The maximum Gasteiger partial charge on any atom is 0.142 e. The number of hydrogen-bond acceptors (Lipinski definition) is 2. The minimum Gasteiger partial charge on any atom is -0.326 e. The lowest BCUT2D eigenvalue weighted by molar-refractivity contribution is 0.0845. The van der Waals surface area contributed by atoms with Crippen molar-refractivity contribution in [3.05, 3.63) is 34.6 Å². The van der Waals surface area contributed by atoms with Gasteiger partial charge in [-0.25, -0.2) is 4.39 Å². The summed E-state index contributed by atoms with van der Waals surface area (Å²) in [6.45, 7) is 10.5. The molecule has 1 aromatic rings. The molecule has 2 unspecified atom stereocenters. The number of rotatable bonds is 7. The van der Waals surface area contributed by atoms with Gasteiger partial charge in [0.1, 0.15) is 5.82 Å². The predicted molar refractivity (Wildman–Crippen MR) is 84.7 cm³/mol. The van der Waals surface area contributed by atoms with Crippen molar-refractivity contribution < 1.29 is 4.39 Å². The summed E-state index contributed by atoms with van der Waals surface area (Å²) < 4.78 is 13.5. The highest BCUT2D eigenvalue weighted by Gasteiger charge is 2.35. The van der Waals surface area contributed by atoms with Crippen LogP contribution < -0.4 is 5.73 Å². The molecule has 0 saturated carbocycles. The fourth-order valence-corrected chi connectivity index (χ4v) is 3.03. The molecule has 0 aromatic heterocycles. The third kappa shape index (κ3) is 3.51. The second kappa shape index (κ2) is 7.39. The highest BCUT2D eigenvalue weighted by molar-refractivity contribution is 6.31. The maximum absolute atomic E-state index is 13.5. The van der Waals surface area contributed by atoms with Gasteiger partial charge >= 0.3 is 0 Å². The molecule has 0 aliphatic rings. The second-order valence-corrected chi connectivity index (χ2v) is 5.78. The van der Waals surface area contributed by atoms with E-state index >= 15 is 0 Å². The molecule has 0 aliphatic heterocycles. The zero-order valence-electron chi connectivity index (χ0n) is 12.9. The first-order valence-corrected chi connectivity index (χ1v) is 7.71. The van der Waals surface area contributed by atoms with Gasteiger partial charge in [0.2, 0.25) is 0 Å². The summed E-state index contributed by atoms with van der Waals surface area (Å²) in [7, 11) is 0. The van der Waals surface area contributed by atoms with E-state index in [4.69, 9.17) is 17.3 Å². The van der Waals surface area contributed by atoms with Gasteiger partial charge in [0.25, 0.3) is 0 Å². The molecular weight excluding hydrogens is 275 g/mol. The summed E-state index contributed by atoms with van der Waals surface area (Å²) in [6.07, 6.45) is 1.53. The molecule has 0 amide bonds. The van der Waals surface area contributed by atoms with Crippen LogP contribution >= 0.6 is 11.6 Å². The van der Waals surface area contributed by atoms with Crippen LogP contribution in [0.3, 0.4) is 0 Å². The van der Waals surface area contributed by atoms with E-state index in [0.717, 1.165) is 25.1 Å². The topological polar surface area (TPSA) is 29.3 Å². The van der Waals surface area contributed by atoms with Crippen molar-refractivity contribution in [1.29, 1.82) is 0 Å². The Morgan fingerprint density at radius 3 is 2.40 bits per heavy atom. The zero-order valence-corrected chi connectivity index (χ0v) is 13.7. The molecule has 2 nitrogen and oxygen atoms in total. The van der Waals surface area contributed by atoms with Gasteiger partial charge in [-0.3, -0.25) is 4.90 Å². The summed E-state index contributed by atoms with van der Waals surface area (Å²) in [6, 6.07) is 4.82. The van der Waals surface area contributed by atoms with Crippen LogP contribution in [0.25, 0.3) is 0 Å². The summed E-state index contributed by atoms with van der Waals surface area (Å²) in [5, 5.41) is 0.195. The first-order valence-electron chi connectivity index (χ1n) is 7.34. The first kappa shape index (κ1) is 17.4. The van der Waals surface area contributed by atoms with Crippen LogP contribution in [0.4, 0.5) is 4.39 Å². The van der Waals surface area contributed by atoms with Crippen LogP contribution in [-0.2, 0) is 6.42 Å². The van der Waals surface area contributed by atoms with Crippen LogP contribution in [0.2, 0.25) is 5.02 Å². The summed E-state index contributed by atoms with van der Waals surface area (Å²) in [5.74, 6) is -0.377. The molecule has 2 N–H and O–H groups in total. The molecule has 0 bridgehead atoms. The molecule has 2 atom stereocenters. The fourth-order valence-electron chi connectivity index (χ4n) is 2.83. The Morgan fingerprint density at radius 2 is 1.90 bits per heavy atom.